The number of hydrogen-bond acceptors (Lipinski definition) is 2. The zero-order valence-corrected chi connectivity index (χ0v) is 15.7. The van der Waals surface area contributed by atoms with Gasteiger partial charge in [0.1, 0.15) is 5.82 Å². The van der Waals surface area contributed by atoms with E-state index in [0.29, 0.717) is 5.92 Å². The maximum Gasteiger partial charge on any atom is 0.135 e. The summed E-state index contributed by atoms with van der Waals surface area (Å²) < 4.78 is 0. The van der Waals surface area contributed by atoms with Gasteiger partial charge < -0.3 is 0 Å². The normalized spacial score (nSPS) is 11.8. The van der Waals surface area contributed by atoms with Crippen LogP contribution in [0.1, 0.15) is 51.9 Å². The lowest BCUT2D eigenvalue weighted by Gasteiger charge is -2.19. The molecule has 1 aromatic heterocycles. The molecule has 0 spiro atoms. The lowest BCUT2D eigenvalue weighted by atomic mass is 9.94. The Balaban J connectivity index is 2.12. The van der Waals surface area contributed by atoms with Crippen molar-refractivity contribution in [3.63, 3.8) is 0 Å². The number of rotatable bonds is 3. The first-order valence-corrected chi connectivity index (χ1v) is 8.90. The highest BCUT2D eigenvalue weighted by Gasteiger charge is 2.20. The van der Waals surface area contributed by atoms with Gasteiger partial charge in [0, 0.05) is 16.5 Å². The van der Waals surface area contributed by atoms with E-state index in [0.717, 1.165) is 28.3 Å². The van der Waals surface area contributed by atoms with Crippen LogP contribution in [-0.2, 0) is 5.41 Å². The number of aromatic nitrogens is 2. The molecular weight excluding hydrogens is 304 g/mol. The van der Waals surface area contributed by atoms with Crippen molar-refractivity contribution >= 4 is 0 Å². The summed E-state index contributed by atoms with van der Waals surface area (Å²) >= 11 is 0. The standard InChI is InChI=1S/C23H26N2/c1-16(2)17-11-13-19(14-12-17)21-15-20(18-9-7-6-8-10-18)24-22(25-21)23(3,4)5/h6-16H,1-5H3. The molecule has 0 aliphatic rings. The van der Waals surface area contributed by atoms with Gasteiger partial charge in [-0.1, -0.05) is 89.2 Å². The molecule has 0 bridgehead atoms. The van der Waals surface area contributed by atoms with Crippen LogP contribution in [0, 0.1) is 0 Å². The van der Waals surface area contributed by atoms with Gasteiger partial charge in [-0.15, -0.1) is 0 Å². The number of benzene rings is 2. The summed E-state index contributed by atoms with van der Waals surface area (Å²) in [6.45, 7) is 10.9. The quantitative estimate of drug-likeness (QED) is 0.568. The number of nitrogens with zero attached hydrogens (tertiary/aromatic N) is 2. The third kappa shape index (κ3) is 3.96. The summed E-state index contributed by atoms with van der Waals surface area (Å²) in [4.78, 5) is 9.70. The van der Waals surface area contributed by atoms with Crippen molar-refractivity contribution in [1.82, 2.24) is 9.97 Å². The van der Waals surface area contributed by atoms with Gasteiger partial charge >= 0.3 is 0 Å². The van der Waals surface area contributed by atoms with Crippen molar-refractivity contribution in [2.45, 2.75) is 46.0 Å². The van der Waals surface area contributed by atoms with E-state index >= 15 is 0 Å². The Labute approximate surface area is 151 Å². The van der Waals surface area contributed by atoms with Crippen molar-refractivity contribution in [1.29, 1.82) is 0 Å². The van der Waals surface area contributed by atoms with Crippen molar-refractivity contribution < 1.29 is 0 Å². The van der Waals surface area contributed by atoms with Gasteiger partial charge in [0.15, 0.2) is 0 Å². The van der Waals surface area contributed by atoms with E-state index < -0.39 is 0 Å². The molecule has 3 aromatic rings. The van der Waals surface area contributed by atoms with Gasteiger partial charge in [-0.2, -0.15) is 0 Å². The SMILES string of the molecule is CC(C)c1ccc(-c2cc(-c3ccccc3)nc(C(C)(C)C)n2)cc1. The first kappa shape index (κ1) is 17.3. The third-order valence-corrected chi connectivity index (χ3v) is 4.34. The molecular formula is C23H26N2. The van der Waals surface area contributed by atoms with E-state index in [1.165, 1.54) is 5.56 Å². The van der Waals surface area contributed by atoms with E-state index in [-0.39, 0.29) is 5.41 Å². The molecule has 0 amide bonds. The van der Waals surface area contributed by atoms with E-state index in [9.17, 15) is 0 Å². The molecule has 0 radical (unpaired) electrons. The van der Waals surface area contributed by atoms with E-state index in [1.54, 1.807) is 0 Å². The van der Waals surface area contributed by atoms with Crippen LogP contribution >= 0.6 is 0 Å². The van der Waals surface area contributed by atoms with Gasteiger partial charge in [-0.3, -0.25) is 0 Å². The average Bonchev–Trinajstić information content (AvgIpc) is 2.61. The fraction of sp³-hybridized carbons (Fsp3) is 0.304. The van der Waals surface area contributed by atoms with Gasteiger partial charge in [0.2, 0.25) is 0 Å². The van der Waals surface area contributed by atoms with Crippen LogP contribution in [0.25, 0.3) is 22.5 Å². The molecule has 0 atom stereocenters. The van der Waals surface area contributed by atoms with Gasteiger partial charge in [-0.25, -0.2) is 9.97 Å². The third-order valence-electron chi connectivity index (χ3n) is 4.34. The largest absolute Gasteiger partial charge is 0.232 e. The molecule has 3 rings (SSSR count). The minimum Gasteiger partial charge on any atom is -0.232 e. The Morgan fingerprint density at radius 1 is 0.720 bits per heavy atom. The molecule has 1 heterocycles. The molecule has 2 nitrogen and oxygen atoms in total. The van der Waals surface area contributed by atoms with Gasteiger partial charge in [0.05, 0.1) is 11.4 Å². The minimum absolute atomic E-state index is 0.0998. The van der Waals surface area contributed by atoms with Crippen LogP contribution < -0.4 is 0 Å². The summed E-state index contributed by atoms with van der Waals surface area (Å²) in [6.07, 6.45) is 0. The highest BCUT2D eigenvalue weighted by Crippen LogP contribution is 2.28. The monoisotopic (exact) mass is 330 g/mol. The van der Waals surface area contributed by atoms with Crippen molar-refractivity contribution in [2.24, 2.45) is 0 Å². The summed E-state index contributed by atoms with van der Waals surface area (Å²) in [5.41, 5.74) is 5.46. The molecule has 0 aliphatic carbocycles. The van der Waals surface area contributed by atoms with Crippen LogP contribution in [0.2, 0.25) is 0 Å². The zero-order valence-electron chi connectivity index (χ0n) is 15.7. The van der Waals surface area contributed by atoms with E-state index in [2.05, 4.69) is 77.1 Å². The van der Waals surface area contributed by atoms with Crippen LogP contribution in [-0.4, -0.2) is 9.97 Å². The molecule has 0 aliphatic heterocycles. The Morgan fingerprint density at radius 3 is 1.72 bits per heavy atom. The molecule has 0 unspecified atom stereocenters. The maximum atomic E-state index is 4.86. The van der Waals surface area contributed by atoms with Crippen LogP contribution in [0.5, 0.6) is 0 Å². The predicted molar refractivity (Wildman–Crippen MR) is 106 cm³/mol. The summed E-state index contributed by atoms with van der Waals surface area (Å²) in [5.74, 6) is 1.40. The van der Waals surface area contributed by atoms with Crippen molar-refractivity contribution in [2.75, 3.05) is 0 Å². The smallest absolute Gasteiger partial charge is 0.135 e. The molecule has 0 fully saturated rings. The summed E-state index contributed by atoms with van der Waals surface area (Å²) in [6, 6.07) is 21.1. The van der Waals surface area contributed by atoms with Gasteiger partial charge in [-0.05, 0) is 17.5 Å². The Kier molecular flexibility index (Phi) is 4.71. The predicted octanol–water partition coefficient (Wildman–Crippen LogP) is 6.23. The Hall–Kier alpha value is -2.48. The molecule has 0 saturated heterocycles. The van der Waals surface area contributed by atoms with Crippen molar-refractivity contribution in [3.05, 3.63) is 72.1 Å². The minimum atomic E-state index is -0.0998. The Morgan fingerprint density at radius 2 is 1.24 bits per heavy atom. The number of hydrogen-bond donors (Lipinski definition) is 0. The van der Waals surface area contributed by atoms with Crippen LogP contribution in [0.15, 0.2) is 60.7 Å². The summed E-state index contributed by atoms with van der Waals surface area (Å²) in [7, 11) is 0. The van der Waals surface area contributed by atoms with Crippen molar-refractivity contribution in [3.8, 4) is 22.5 Å². The lowest BCUT2D eigenvalue weighted by molar-refractivity contribution is 0.547. The molecule has 0 saturated carbocycles. The average molecular weight is 330 g/mol. The van der Waals surface area contributed by atoms with Gasteiger partial charge in [0.25, 0.3) is 0 Å². The highest BCUT2D eigenvalue weighted by atomic mass is 14.9. The molecule has 128 valence electrons. The van der Waals surface area contributed by atoms with Crippen LogP contribution in [0.3, 0.4) is 0 Å². The molecule has 2 heteroatoms. The van der Waals surface area contributed by atoms with Crippen LogP contribution in [0.4, 0.5) is 0 Å². The van der Waals surface area contributed by atoms with E-state index in [4.69, 9.17) is 9.97 Å². The first-order valence-electron chi connectivity index (χ1n) is 8.90. The topological polar surface area (TPSA) is 25.8 Å². The van der Waals surface area contributed by atoms with E-state index in [1.807, 2.05) is 18.2 Å². The molecule has 25 heavy (non-hydrogen) atoms. The maximum absolute atomic E-state index is 4.86. The molecule has 0 N–H and O–H groups in total. The molecule has 2 aromatic carbocycles. The fourth-order valence-corrected chi connectivity index (χ4v) is 2.73. The highest BCUT2D eigenvalue weighted by molar-refractivity contribution is 5.68. The zero-order chi connectivity index (χ0) is 18.0. The lowest BCUT2D eigenvalue weighted by Crippen LogP contribution is -2.17. The second kappa shape index (κ2) is 6.79. The second-order valence-corrected chi connectivity index (χ2v) is 7.85. The summed E-state index contributed by atoms with van der Waals surface area (Å²) in [5, 5.41) is 0. The second-order valence-electron chi connectivity index (χ2n) is 7.85. The fourth-order valence-electron chi connectivity index (χ4n) is 2.73. The Bertz CT molecular complexity index is 842. The first-order chi connectivity index (χ1) is 11.8.